The summed E-state index contributed by atoms with van der Waals surface area (Å²) in [5.74, 6) is 0.504. The van der Waals surface area contributed by atoms with Crippen LogP contribution in [0.15, 0.2) is 67.1 Å². The minimum Gasteiger partial charge on any atom is -0.372 e. The number of hydrogen-bond donors (Lipinski definition) is 2. The zero-order chi connectivity index (χ0) is 19.9. The Morgan fingerprint density at radius 2 is 1.83 bits per heavy atom. The maximum Gasteiger partial charge on any atom is 0.251 e. The van der Waals surface area contributed by atoms with Gasteiger partial charge >= 0.3 is 0 Å². The van der Waals surface area contributed by atoms with Crippen molar-refractivity contribution in [3.8, 4) is 0 Å². The summed E-state index contributed by atoms with van der Waals surface area (Å²) in [6.45, 7) is 2.70. The number of pyridine rings is 2. The van der Waals surface area contributed by atoms with E-state index in [9.17, 15) is 4.79 Å². The van der Waals surface area contributed by atoms with Crippen LogP contribution in [0.5, 0.6) is 0 Å². The molecule has 148 valence electrons. The van der Waals surface area contributed by atoms with Gasteiger partial charge in [0.2, 0.25) is 0 Å². The molecule has 0 spiro atoms. The van der Waals surface area contributed by atoms with Crippen molar-refractivity contribution < 1.29 is 4.79 Å². The summed E-state index contributed by atoms with van der Waals surface area (Å²) in [6.07, 6.45) is 8.95. The number of amides is 1. The molecule has 2 aromatic heterocycles. The fourth-order valence-corrected chi connectivity index (χ4v) is 3.48. The summed E-state index contributed by atoms with van der Waals surface area (Å²) in [4.78, 5) is 23.3. The molecule has 0 saturated carbocycles. The van der Waals surface area contributed by atoms with Crippen molar-refractivity contribution in [2.24, 2.45) is 0 Å². The molecule has 0 aliphatic carbocycles. The summed E-state index contributed by atoms with van der Waals surface area (Å²) in [7, 11) is 0. The van der Waals surface area contributed by atoms with E-state index in [1.54, 1.807) is 30.7 Å². The monoisotopic (exact) mass is 387 g/mol. The van der Waals surface area contributed by atoms with Gasteiger partial charge in [0, 0.05) is 55.2 Å². The van der Waals surface area contributed by atoms with Crippen molar-refractivity contribution in [1.29, 1.82) is 0 Å². The van der Waals surface area contributed by atoms with E-state index in [4.69, 9.17) is 0 Å². The third kappa shape index (κ3) is 5.10. The molecule has 3 aromatic rings. The molecule has 0 radical (unpaired) electrons. The number of rotatable bonds is 6. The molecule has 1 aliphatic rings. The Balaban J connectivity index is 1.37. The Bertz CT molecular complexity index is 937. The maximum atomic E-state index is 12.4. The molecule has 6 heteroatoms. The summed E-state index contributed by atoms with van der Waals surface area (Å²) in [6, 6.07) is 15.6. The molecule has 4 rings (SSSR count). The normalized spacial score (nSPS) is 13.7. The summed E-state index contributed by atoms with van der Waals surface area (Å²) < 4.78 is 0. The Morgan fingerprint density at radius 3 is 2.59 bits per heavy atom. The lowest BCUT2D eigenvalue weighted by molar-refractivity contribution is 0.0951. The molecule has 6 nitrogen and oxygen atoms in total. The third-order valence-electron chi connectivity index (χ3n) is 5.06. The lowest BCUT2D eigenvalue weighted by atomic mass is 10.1. The second kappa shape index (κ2) is 9.19. The fraction of sp³-hybridized carbons (Fsp3) is 0.261. The first kappa shape index (κ1) is 18.9. The first-order valence-corrected chi connectivity index (χ1v) is 10.0. The molecular weight excluding hydrogens is 362 g/mol. The van der Waals surface area contributed by atoms with Gasteiger partial charge in [-0.3, -0.25) is 9.78 Å². The van der Waals surface area contributed by atoms with Crippen LogP contribution in [0.1, 0.15) is 35.2 Å². The van der Waals surface area contributed by atoms with E-state index in [0.29, 0.717) is 17.9 Å². The van der Waals surface area contributed by atoms with Crippen molar-refractivity contribution >= 4 is 23.1 Å². The fourth-order valence-electron chi connectivity index (χ4n) is 3.48. The number of hydrogen-bond acceptors (Lipinski definition) is 5. The van der Waals surface area contributed by atoms with Crippen molar-refractivity contribution in [2.75, 3.05) is 23.3 Å². The van der Waals surface area contributed by atoms with Gasteiger partial charge in [-0.1, -0.05) is 6.07 Å². The molecular formula is C23H25N5O. The lowest BCUT2D eigenvalue weighted by Crippen LogP contribution is -2.29. The van der Waals surface area contributed by atoms with Gasteiger partial charge in [-0.2, -0.15) is 0 Å². The van der Waals surface area contributed by atoms with Gasteiger partial charge < -0.3 is 15.5 Å². The zero-order valence-corrected chi connectivity index (χ0v) is 16.3. The van der Waals surface area contributed by atoms with Crippen LogP contribution in [0, 0.1) is 0 Å². The van der Waals surface area contributed by atoms with Crippen LogP contribution in [-0.4, -0.2) is 29.0 Å². The van der Waals surface area contributed by atoms with E-state index < -0.39 is 0 Å². The third-order valence-corrected chi connectivity index (χ3v) is 5.06. The van der Waals surface area contributed by atoms with Crippen LogP contribution < -0.4 is 15.5 Å². The highest BCUT2D eigenvalue weighted by Gasteiger charge is 2.11. The van der Waals surface area contributed by atoms with Crippen molar-refractivity contribution in [3.05, 3.63) is 78.2 Å². The highest BCUT2D eigenvalue weighted by molar-refractivity contribution is 5.94. The molecule has 29 heavy (non-hydrogen) atoms. The first-order valence-electron chi connectivity index (χ1n) is 10.0. The number of nitrogens with zero attached hydrogens (tertiary/aromatic N) is 3. The minimum absolute atomic E-state index is 0.139. The van der Waals surface area contributed by atoms with E-state index in [-0.39, 0.29) is 5.91 Å². The molecule has 0 bridgehead atoms. The number of carbonyl (C=O) groups is 1. The van der Waals surface area contributed by atoms with E-state index in [1.807, 2.05) is 12.1 Å². The van der Waals surface area contributed by atoms with Gasteiger partial charge in [0.1, 0.15) is 5.82 Å². The average molecular weight is 387 g/mol. The Labute approximate surface area is 171 Å². The molecule has 1 aromatic carbocycles. The summed E-state index contributed by atoms with van der Waals surface area (Å²) in [5, 5.41) is 6.19. The second-order valence-electron chi connectivity index (χ2n) is 7.19. The number of benzene rings is 1. The van der Waals surface area contributed by atoms with Gasteiger partial charge in [-0.25, -0.2) is 4.98 Å². The van der Waals surface area contributed by atoms with E-state index in [0.717, 1.165) is 24.3 Å². The van der Waals surface area contributed by atoms with Crippen LogP contribution in [0.4, 0.5) is 17.2 Å². The van der Waals surface area contributed by atoms with Crippen LogP contribution in [0.3, 0.4) is 0 Å². The molecule has 1 saturated heterocycles. The second-order valence-corrected chi connectivity index (χ2v) is 7.19. The van der Waals surface area contributed by atoms with Crippen LogP contribution in [-0.2, 0) is 6.54 Å². The quantitative estimate of drug-likeness (QED) is 0.665. The van der Waals surface area contributed by atoms with Crippen molar-refractivity contribution in [3.63, 3.8) is 0 Å². The Morgan fingerprint density at radius 1 is 1.00 bits per heavy atom. The zero-order valence-electron chi connectivity index (χ0n) is 16.3. The number of aromatic nitrogens is 2. The topological polar surface area (TPSA) is 70.1 Å². The molecule has 0 atom stereocenters. The number of nitrogens with one attached hydrogen (secondary N) is 2. The van der Waals surface area contributed by atoms with Crippen LogP contribution >= 0.6 is 0 Å². The highest BCUT2D eigenvalue weighted by atomic mass is 16.1. The van der Waals surface area contributed by atoms with Crippen LogP contribution in [0.2, 0.25) is 0 Å². The summed E-state index contributed by atoms with van der Waals surface area (Å²) in [5.41, 5.74) is 3.73. The van der Waals surface area contributed by atoms with Gasteiger partial charge in [0.15, 0.2) is 0 Å². The van der Waals surface area contributed by atoms with E-state index >= 15 is 0 Å². The SMILES string of the molecule is O=C(NCc1cccnc1)c1ccnc(Nc2ccc(N3CCCCC3)cc2)c1. The minimum atomic E-state index is -0.139. The highest BCUT2D eigenvalue weighted by Crippen LogP contribution is 2.23. The largest absolute Gasteiger partial charge is 0.372 e. The van der Waals surface area contributed by atoms with E-state index in [2.05, 4.69) is 49.8 Å². The molecule has 3 heterocycles. The Hall–Kier alpha value is -3.41. The number of anilines is 3. The number of piperidine rings is 1. The van der Waals surface area contributed by atoms with Crippen LogP contribution in [0.25, 0.3) is 0 Å². The maximum absolute atomic E-state index is 12.4. The standard InChI is InChI=1S/C23H25N5O/c29-23(26-17-18-5-4-11-24-16-18)19-10-12-25-22(15-19)27-20-6-8-21(9-7-20)28-13-2-1-3-14-28/h4-12,15-16H,1-3,13-14,17H2,(H,25,27)(H,26,29). The van der Waals surface area contributed by atoms with Gasteiger partial charge in [-0.05, 0) is 67.3 Å². The first-order chi connectivity index (χ1) is 14.3. The predicted molar refractivity (Wildman–Crippen MR) is 115 cm³/mol. The van der Waals surface area contributed by atoms with E-state index in [1.165, 1.54) is 24.9 Å². The molecule has 1 amide bonds. The lowest BCUT2D eigenvalue weighted by Gasteiger charge is -2.28. The number of carbonyl (C=O) groups excluding carboxylic acids is 1. The smallest absolute Gasteiger partial charge is 0.251 e. The Kier molecular flexibility index (Phi) is 6.00. The predicted octanol–water partition coefficient (Wildman–Crippen LogP) is 4.14. The van der Waals surface area contributed by atoms with Gasteiger partial charge in [0.05, 0.1) is 0 Å². The molecule has 0 unspecified atom stereocenters. The molecule has 1 fully saturated rings. The molecule has 1 aliphatic heterocycles. The average Bonchev–Trinajstić information content (AvgIpc) is 2.79. The molecule has 2 N–H and O–H groups in total. The van der Waals surface area contributed by atoms with Gasteiger partial charge in [0.25, 0.3) is 5.91 Å². The van der Waals surface area contributed by atoms with Crippen molar-refractivity contribution in [2.45, 2.75) is 25.8 Å². The van der Waals surface area contributed by atoms with Crippen molar-refractivity contribution in [1.82, 2.24) is 15.3 Å². The van der Waals surface area contributed by atoms with Gasteiger partial charge in [-0.15, -0.1) is 0 Å². The summed E-state index contributed by atoms with van der Waals surface area (Å²) >= 11 is 0.